The highest BCUT2D eigenvalue weighted by Gasteiger charge is 2.55. The molecule has 2 aromatic rings. The Labute approximate surface area is 143 Å². The van der Waals surface area contributed by atoms with Crippen LogP contribution in [0.5, 0.6) is 5.75 Å². The second-order valence-corrected chi connectivity index (χ2v) is 7.85. The van der Waals surface area contributed by atoms with Crippen molar-refractivity contribution in [1.29, 1.82) is 0 Å². The van der Waals surface area contributed by atoms with Crippen LogP contribution in [0.2, 0.25) is 0 Å². The average molecular weight is 318 g/mol. The lowest BCUT2D eigenvalue weighted by Gasteiger charge is -2.59. The summed E-state index contributed by atoms with van der Waals surface area (Å²) in [7, 11) is 6.54. The average Bonchev–Trinajstić information content (AvgIpc) is 2.58. The molecule has 5 heterocycles. The second-order valence-electron chi connectivity index (χ2n) is 7.85. The van der Waals surface area contributed by atoms with Gasteiger partial charge in [-0.1, -0.05) is 0 Å². The standard InChI is InChI=1S/C19H21BN3O/c20-23-10-13-5-16(11-23)19(17(6-13)12-23)24-18-7-15(8-22-9-18)14-1-3-21-4-2-14/h1-4,7-9,13,16-17,19H,5-6,10-12H2/q+1. The fourth-order valence-corrected chi connectivity index (χ4v) is 5.32. The molecule has 5 heteroatoms. The van der Waals surface area contributed by atoms with Crippen LogP contribution in [0.3, 0.4) is 0 Å². The number of hydrogen-bond donors (Lipinski definition) is 0. The summed E-state index contributed by atoms with van der Waals surface area (Å²) in [6, 6.07) is 6.10. The van der Waals surface area contributed by atoms with Gasteiger partial charge < -0.3 is 9.13 Å². The van der Waals surface area contributed by atoms with Crippen molar-refractivity contribution in [3.63, 3.8) is 0 Å². The van der Waals surface area contributed by atoms with E-state index in [4.69, 9.17) is 12.7 Å². The molecule has 4 nitrogen and oxygen atoms in total. The van der Waals surface area contributed by atoms with Gasteiger partial charge in [-0.25, -0.2) is 0 Å². The molecule has 120 valence electrons. The smallest absolute Gasteiger partial charge is 0.481 e. The first-order valence-corrected chi connectivity index (χ1v) is 8.85. The fourth-order valence-electron chi connectivity index (χ4n) is 5.32. The minimum Gasteiger partial charge on any atom is -0.488 e. The van der Waals surface area contributed by atoms with Crippen molar-refractivity contribution in [2.24, 2.45) is 17.8 Å². The molecular formula is C19H21BN3O+. The Balaban J connectivity index is 1.39. The molecule has 1 saturated carbocycles. The summed E-state index contributed by atoms with van der Waals surface area (Å²) in [5.74, 6) is 2.85. The first kappa shape index (κ1) is 14.5. The minimum absolute atomic E-state index is 0.297. The lowest BCUT2D eigenvalue weighted by molar-refractivity contribution is -0.852. The van der Waals surface area contributed by atoms with E-state index in [-0.39, 0.29) is 0 Å². The predicted octanol–water partition coefficient (Wildman–Crippen LogP) is 2.46. The van der Waals surface area contributed by atoms with Gasteiger partial charge in [-0.05, 0) is 36.6 Å². The summed E-state index contributed by atoms with van der Waals surface area (Å²) in [5, 5.41) is 0. The Bertz CT molecular complexity index is 737. The first-order chi connectivity index (χ1) is 11.7. The summed E-state index contributed by atoms with van der Waals surface area (Å²) in [5.41, 5.74) is 2.19. The van der Waals surface area contributed by atoms with Gasteiger partial charge in [0.05, 0.1) is 25.8 Å². The second kappa shape index (κ2) is 5.31. The van der Waals surface area contributed by atoms with Crippen molar-refractivity contribution < 1.29 is 9.13 Å². The van der Waals surface area contributed by atoms with Gasteiger partial charge in [-0.3, -0.25) is 9.97 Å². The zero-order valence-electron chi connectivity index (χ0n) is 13.7. The van der Waals surface area contributed by atoms with E-state index >= 15 is 0 Å². The molecule has 3 saturated heterocycles. The van der Waals surface area contributed by atoms with E-state index in [0.717, 1.165) is 40.3 Å². The van der Waals surface area contributed by atoms with Crippen LogP contribution in [0.4, 0.5) is 0 Å². The molecular weight excluding hydrogens is 297 g/mol. The Morgan fingerprint density at radius 3 is 2.42 bits per heavy atom. The molecule has 0 aromatic carbocycles. The molecule has 4 aliphatic rings. The third-order valence-electron chi connectivity index (χ3n) is 6.02. The molecule has 2 unspecified atom stereocenters. The maximum Gasteiger partial charge on any atom is 0.481 e. The van der Waals surface area contributed by atoms with Crippen molar-refractivity contribution in [2.75, 3.05) is 19.6 Å². The van der Waals surface area contributed by atoms with Gasteiger partial charge in [0.2, 0.25) is 0 Å². The van der Waals surface area contributed by atoms with Crippen molar-refractivity contribution in [1.82, 2.24) is 9.97 Å². The fraction of sp³-hybridized carbons (Fsp3) is 0.474. The molecule has 2 atom stereocenters. The molecule has 24 heavy (non-hydrogen) atoms. The number of hydrogen-bond acceptors (Lipinski definition) is 3. The first-order valence-electron chi connectivity index (χ1n) is 8.85. The van der Waals surface area contributed by atoms with Crippen LogP contribution in [-0.4, -0.2) is 48.1 Å². The van der Waals surface area contributed by atoms with Gasteiger partial charge in [-0.2, -0.15) is 0 Å². The van der Waals surface area contributed by atoms with Crippen molar-refractivity contribution in [2.45, 2.75) is 18.9 Å². The van der Waals surface area contributed by atoms with E-state index in [1.807, 2.05) is 24.5 Å². The van der Waals surface area contributed by atoms with E-state index in [0.29, 0.717) is 17.9 Å². The Morgan fingerprint density at radius 1 is 0.958 bits per heavy atom. The molecule has 0 N–H and O–H groups in total. The van der Waals surface area contributed by atoms with Gasteiger partial charge in [-0.15, -0.1) is 0 Å². The Kier molecular flexibility index (Phi) is 3.20. The lowest BCUT2D eigenvalue weighted by Crippen LogP contribution is -2.70. The lowest BCUT2D eigenvalue weighted by atomic mass is 9.63. The molecule has 3 aliphatic heterocycles. The van der Waals surface area contributed by atoms with Crippen molar-refractivity contribution in [3.8, 4) is 16.9 Å². The molecule has 2 aromatic heterocycles. The SMILES string of the molecule is [B][N+]12CC3CC(C1)C(Oc1cncc(-c4ccncc4)c1)C(C3)C2. The topological polar surface area (TPSA) is 35.0 Å². The molecule has 4 bridgehead atoms. The molecule has 1 aliphatic carbocycles. The number of nitrogens with zero attached hydrogens (tertiary/aromatic N) is 3. The summed E-state index contributed by atoms with van der Waals surface area (Å²) in [6.45, 7) is 3.29. The number of piperidine rings is 3. The number of aromatic nitrogens is 2. The molecule has 4 fully saturated rings. The van der Waals surface area contributed by atoms with Gasteiger partial charge in [0.15, 0.2) is 0 Å². The highest BCUT2D eigenvalue weighted by Crippen LogP contribution is 2.47. The van der Waals surface area contributed by atoms with Crippen molar-refractivity contribution in [3.05, 3.63) is 43.0 Å². The molecule has 0 amide bonds. The van der Waals surface area contributed by atoms with Gasteiger partial charge in [0.1, 0.15) is 11.9 Å². The zero-order chi connectivity index (χ0) is 16.1. The largest absolute Gasteiger partial charge is 0.488 e. The van der Waals surface area contributed by atoms with E-state index in [9.17, 15) is 0 Å². The highest BCUT2D eigenvalue weighted by atomic mass is 16.5. The Morgan fingerprint density at radius 2 is 1.71 bits per heavy atom. The monoisotopic (exact) mass is 318 g/mol. The predicted molar refractivity (Wildman–Crippen MR) is 92.2 cm³/mol. The summed E-state index contributed by atoms with van der Waals surface area (Å²) >= 11 is 0. The molecule has 0 spiro atoms. The van der Waals surface area contributed by atoms with Crippen LogP contribution in [0.15, 0.2) is 43.0 Å². The van der Waals surface area contributed by atoms with Crippen LogP contribution >= 0.6 is 0 Å². The van der Waals surface area contributed by atoms with Crippen LogP contribution in [0.1, 0.15) is 12.8 Å². The highest BCUT2D eigenvalue weighted by molar-refractivity contribution is 5.97. The van der Waals surface area contributed by atoms with Gasteiger partial charge in [0.25, 0.3) is 0 Å². The molecule has 2 radical (unpaired) electrons. The maximum absolute atomic E-state index is 6.54. The zero-order valence-corrected chi connectivity index (χ0v) is 13.7. The van der Waals surface area contributed by atoms with Crippen molar-refractivity contribution >= 4 is 7.98 Å². The number of ether oxygens (including phenoxy) is 1. The summed E-state index contributed by atoms with van der Waals surface area (Å²) in [4.78, 5) is 8.46. The minimum atomic E-state index is 0.297. The van der Waals surface area contributed by atoms with E-state index in [1.165, 1.54) is 19.4 Å². The summed E-state index contributed by atoms with van der Waals surface area (Å²) < 4.78 is 7.23. The Hall–Kier alpha value is -1.88. The van der Waals surface area contributed by atoms with Crippen LogP contribution in [0, 0.1) is 17.8 Å². The van der Waals surface area contributed by atoms with Crippen LogP contribution < -0.4 is 4.74 Å². The van der Waals surface area contributed by atoms with E-state index in [1.54, 1.807) is 12.4 Å². The van der Waals surface area contributed by atoms with E-state index in [2.05, 4.69) is 16.0 Å². The maximum atomic E-state index is 6.54. The quantitative estimate of drug-likeness (QED) is 0.816. The van der Waals surface area contributed by atoms with Gasteiger partial charge in [0, 0.05) is 41.9 Å². The number of quaternary nitrogens is 1. The molecule has 6 rings (SSSR count). The summed E-state index contributed by atoms with van der Waals surface area (Å²) in [6.07, 6.45) is 10.2. The normalized spacial score (nSPS) is 36.7. The van der Waals surface area contributed by atoms with Gasteiger partial charge >= 0.3 is 7.98 Å². The van der Waals surface area contributed by atoms with Crippen LogP contribution in [0.25, 0.3) is 11.1 Å². The number of pyridine rings is 2. The third kappa shape index (κ3) is 2.42. The third-order valence-corrected chi connectivity index (χ3v) is 6.02. The number of rotatable bonds is 3. The van der Waals surface area contributed by atoms with E-state index < -0.39 is 0 Å². The van der Waals surface area contributed by atoms with Crippen LogP contribution in [-0.2, 0) is 0 Å².